The summed E-state index contributed by atoms with van der Waals surface area (Å²) in [5.74, 6) is 0.269. The van der Waals surface area contributed by atoms with Crippen molar-refractivity contribution in [2.24, 2.45) is 5.92 Å². The van der Waals surface area contributed by atoms with Gasteiger partial charge in [-0.05, 0) is 55.7 Å². The highest BCUT2D eigenvalue weighted by atomic mass is 16.3. The predicted molar refractivity (Wildman–Crippen MR) is 129 cm³/mol. The van der Waals surface area contributed by atoms with Crippen LogP contribution in [0, 0.1) is 5.92 Å². The normalized spacial score (nSPS) is 18.7. The first-order chi connectivity index (χ1) is 16.4. The van der Waals surface area contributed by atoms with Crippen molar-refractivity contribution in [2.45, 2.75) is 58.2 Å². The fourth-order valence-electron chi connectivity index (χ4n) is 4.95. The van der Waals surface area contributed by atoms with E-state index < -0.39 is 6.10 Å². The van der Waals surface area contributed by atoms with Crippen LogP contribution in [0.25, 0.3) is 0 Å². The molecule has 2 aliphatic heterocycles. The summed E-state index contributed by atoms with van der Waals surface area (Å²) < 4.78 is 0. The van der Waals surface area contributed by atoms with Gasteiger partial charge in [0.05, 0.1) is 6.10 Å². The monoisotopic (exact) mass is 465 g/mol. The third-order valence-corrected chi connectivity index (χ3v) is 7.28. The SMILES string of the molecule is CC(=O)N1CCC(Cc2cc(C(=O)NCC(O)C(C)N3CCc4ccccc4C3)ncn2)CC1. The Labute approximate surface area is 201 Å². The highest BCUT2D eigenvalue weighted by Crippen LogP contribution is 2.22. The first kappa shape index (κ1) is 24.3. The molecule has 8 nitrogen and oxygen atoms in total. The number of hydrogen-bond acceptors (Lipinski definition) is 6. The number of hydrogen-bond donors (Lipinski definition) is 2. The molecule has 0 saturated carbocycles. The van der Waals surface area contributed by atoms with Crippen LogP contribution in [-0.4, -0.2) is 75.0 Å². The zero-order valence-corrected chi connectivity index (χ0v) is 20.1. The molecule has 8 heteroatoms. The number of piperidine rings is 1. The van der Waals surface area contributed by atoms with Gasteiger partial charge in [-0.2, -0.15) is 0 Å². The number of nitrogens with one attached hydrogen (secondary N) is 1. The van der Waals surface area contributed by atoms with E-state index in [-0.39, 0.29) is 24.4 Å². The van der Waals surface area contributed by atoms with Crippen LogP contribution in [0.1, 0.15) is 54.0 Å². The lowest BCUT2D eigenvalue weighted by atomic mass is 9.92. The Kier molecular flexibility index (Phi) is 7.90. The quantitative estimate of drug-likeness (QED) is 0.647. The van der Waals surface area contributed by atoms with Gasteiger partial charge in [-0.3, -0.25) is 14.5 Å². The molecule has 0 aliphatic carbocycles. The molecule has 4 rings (SSSR count). The fraction of sp³-hybridized carbons (Fsp3) is 0.538. The third-order valence-electron chi connectivity index (χ3n) is 7.28. The first-order valence-corrected chi connectivity index (χ1v) is 12.2. The van der Waals surface area contributed by atoms with Crippen LogP contribution in [0.2, 0.25) is 0 Å². The van der Waals surface area contributed by atoms with E-state index in [9.17, 15) is 14.7 Å². The molecule has 0 spiro atoms. The highest BCUT2D eigenvalue weighted by molar-refractivity contribution is 5.92. The summed E-state index contributed by atoms with van der Waals surface area (Å²) in [5.41, 5.74) is 3.83. The summed E-state index contributed by atoms with van der Waals surface area (Å²) in [6, 6.07) is 10.1. The Morgan fingerprint density at radius 3 is 2.62 bits per heavy atom. The number of fused-ring (bicyclic) bond motifs is 1. The van der Waals surface area contributed by atoms with Crippen LogP contribution >= 0.6 is 0 Å². The number of nitrogens with zero attached hydrogens (tertiary/aromatic N) is 4. The van der Waals surface area contributed by atoms with Gasteiger partial charge >= 0.3 is 0 Å². The van der Waals surface area contributed by atoms with Gasteiger partial charge < -0.3 is 15.3 Å². The standard InChI is InChI=1S/C26H35N5O3/c1-18(31-12-9-21-5-3-4-6-22(21)16-31)25(33)15-27-26(34)24-14-23(28-17-29-24)13-20-7-10-30(11-8-20)19(2)32/h3-6,14,17-18,20,25,33H,7-13,15-16H2,1-2H3,(H,27,34). The number of benzene rings is 1. The average Bonchev–Trinajstić information content (AvgIpc) is 2.86. The molecule has 2 amide bonds. The van der Waals surface area contributed by atoms with Gasteiger partial charge in [0, 0.05) is 51.4 Å². The predicted octanol–water partition coefficient (Wildman–Crippen LogP) is 1.82. The molecule has 0 bridgehead atoms. The molecular weight excluding hydrogens is 430 g/mol. The second-order valence-corrected chi connectivity index (χ2v) is 9.56. The molecule has 1 aromatic carbocycles. The molecule has 182 valence electrons. The highest BCUT2D eigenvalue weighted by Gasteiger charge is 2.26. The van der Waals surface area contributed by atoms with E-state index in [0.717, 1.165) is 57.6 Å². The van der Waals surface area contributed by atoms with E-state index in [2.05, 4.69) is 44.5 Å². The molecule has 2 unspecified atom stereocenters. The van der Waals surface area contributed by atoms with Crippen molar-refractivity contribution in [1.82, 2.24) is 25.1 Å². The summed E-state index contributed by atoms with van der Waals surface area (Å²) in [6.07, 6.45) is 4.37. The number of aliphatic hydroxyl groups excluding tert-OH is 1. The molecule has 2 N–H and O–H groups in total. The van der Waals surface area contributed by atoms with E-state index in [1.807, 2.05) is 11.8 Å². The van der Waals surface area contributed by atoms with Gasteiger partial charge in [-0.15, -0.1) is 0 Å². The van der Waals surface area contributed by atoms with Crippen molar-refractivity contribution in [3.05, 3.63) is 59.2 Å². The molecule has 1 saturated heterocycles. The molecule has 0 radical (unpaired) electrons. The maximum atomic E-state index is 12.7. The van der Waals surface area contributed by atoms with Crippen LogP contribution in [0.3, 0.4) is 0 Å². The van der Waals surface area contributed by atoms with Crippen LogP contribution in [0.4, 0.5) is 0 Å². The molecule has 34 heavy (non-hydrogen) atoms. The smallest absolute Gasteiger partial charge is 0.270 e. The van der Waals surface area contributed by atoms with Crippen LogP contribution in [-0.2, 0) is 24.2 Å². The zero-order chi connectivity index (χ0) is 24.1. The second kappa shape index (κ2) is 11.1. The van der Waals surface area contributed by atoms with Crippen LogP contribution < -0.4 is 5.32 Å². The lowest BCUT2D eigenvalue weighted by Gasteiger charge is -2.36. The van der Waals surface area contributed by atoms with Crippen molar-refractivity contribution in [3.8, 4) is 0 Å². The van der Waals surface area contributed by atoms with E-state index in [1.54, 1.807) is 13.0 Å². The summed E-state index contributed by atoms with van der Waals surface area (Å²) in [7, 11) is 0. The first-order valence-electron chi connectivity index (χ1n) is 12.2. The van der Waals surface area contributed by atoms with E-state index in [1.165, 1.54) is 17.5 Å². The number of carbonyl (C=O) groups is 2. The van der Waals surface area contributed by atoms with Crippen LogP contribution in [0.5, 0.6) is 0 Å². The lowest BCUT2D eigenvalue weighted by Crippen LogP contribution is -2.48. The topological polar surface area (TPSA) is 98.7 Å². The minimum Gasteiger partial charge on any atom is -0.390 e. The minimum atomic E-state index is -0.679. The van der Waals surface area contributed by atoms with Crippen molar-refractivity contribution in [2.75, 3.05) is 26.2 Å². The third kappa shape index (κ3) is 5.98. The molecule has 2 aliphatic rings. The Balaban J connectivity index is 1.26. The Bertz CT molecular complexity index is 1010. The molecular formula is C26H35N5O3. The number of aromatic nitrogens is 2. The number of likely N-dealkylation sites (tertiary alicyclic amines) is 1. The molecule has 1 aromatic heterocycles. The largest absolute Gasteiger partial charge is 0.390 e. The number of rotatable bonds is 7. The Morgan fingerprint density at radius 1 is 1.15 bits per heavy atom. The van der Waals surface area contributed by atoms with Crippen LogP contribution in [0.15, 0.2) is 36.7 Å². The Hall–Kier alpha value is -2.84. The minimum absolute atomic E-state index is 0.0736. The van der Waals surface area contributed by atoms with Gasteiger partial charge in [-0.1, -0.05) is 24.3 Å². The van der Waals surface area contributed by atoms with Crippen molar-refractivity contribution >= 4 is 11.8 Å². The average molecular weight is 466 g/mol. The Morgan fingerprint density at radius 2 is 1.88 bits per heavy atom. The number of aliphatic hydroxyl groups is 1. The lowest BCUT2D eigenvalue weighted by molar-refractivity contribution is -0.130. The fourth-order valence-corrected chi connectivity index (χ4v) is 4.95. The van der Waals surface area contributed by atoms with Crippen molar-refractivity contribution in [3.63, 3.8) is 0 Å². The second-order valence-electron chi connectivity index (χ2n) is 9.56. The zero-order valence-electron chi connectivity index (χ0n) is 20.1. The van der Waals surface area contributed by atoms with E-state index >= 15 is 0 Å². The van der Waals surface area contributed by atoms with Gasteiger partial charge in [0.25, 0.3) is 5.91 Å². The molecule has 3 heterocycles. The van der Waals surface area contributed by atoms with Gasteiger partial charge in [0.15, 0.2) is 0 Å². The molecule has 2 atom stereocenters. The van der Waals surface area contributed by atoms with Gasteiger partial charge in [0.1, 0.15) is 12.0 Å². The molecule has 2 aromatic rings. The van der Waals surface area contributed by atoms with Gasteiger partial charge in [-0.25, -0.2) is 9.97 Å². The van der Waals surface area contributed by atoms with Crippen molar-refractivity contribution < 1.29 is 14.7 Å². The maximum absolute atomic E-state index is 12.7. The number of carbonyl (C=O) groups excluding carboxylic acids is 2. The summed E-state index contributed by atoms with van der Waals surface area (Å²) in [6.45, 7) is 7.03. The maximum Gasteiger partial charge on any atom is 0.270 e. The van der Waals surface area contributed by atoms with E-state index in [4.69, 9.17) is 0 Å². The van der Waals surface area contributed by atoms with Gasteiger partial charge in [0.2, 0.25) is 5.91 Å². The molecule has 1 fully saturated rings. The van der Waals surface area contributed by atoms with E-state index in [0.29, 0.717) is 11.6 Å². The summed E-state index contributed by atoms with van der Waals surface area (Å²) >= 11 is 0. The summed E-state index contributed by atoms with van der Waals surface area (Å²) in [4.78, 5) is 36.8. The number of amides is 2. The summed E-state index contributed by atoms with van der Waals surface area (Å²) in [5, 5.41) is 13.6. The van der Waals surface area contributed by atoms with Crippen molar-refractivity contribution in [1.29, 1.82) is 0 Å².